The molecule has 27 heavy (non-hydrogen) atoms. The van der Waals surface area contributed by atoms with E-state index in [1.807, 2.05) is 0 Å². The molecule has 0 atom stereocenters. The number of hydrogen-bond acceptors (Lipinski definition) is 7. The number of methoxy groups -OCH3 is 1. The second-order valence-electron chi connectivity index (χ2n) is 5.29. The second kappa shape index (κ2) is 7.83. The van der Waals surface area contributed by atoms with Crippen LogP contribution in [-0.4, -0.2) is 22.0 Å². The van der Waals surface area contributed by atoms with Crippen LogP contribution in [0.1, 0.15) is 0 Å². The summed E-state index contributed by atoms with van der Waals surface area (Å²) in [7, 11) is 1.52. The molecule has 2 N–H and O–H groups in total. The number of nitrogens with one attached hydrogen (secondary N) is 2. The van der Waals surface area contributed by atoms with Crippen LogP contribution in [-0.2, 0) is 0 Å². The van der Waals surface area contributed by atoms with Crippen molar-refractivity contribution in [3.63, 3.8) is 0 Å². The number of halogens is 2. The Morgan fingerprint density at radius 1 is 1.11 bits per heavy atom. The lowest BCUT2D eigenvalue weighted by Gasteiger charge is -2.11. The van der Waals surface area contributed by atoms with E-state index in [-0.39, 0.29) is 22.3 Å². The zero-order chi connectivity index (χ0) is 19.4. The van der Waals surface area contributed by atoms with E-state index < -0.39 is 10.7 Å². The lowest BCUT2D eigenvalue weighted by Crippen LogP contribution is -2.05. The zero-order valence-electron chi connectivity index (χ0n) is 13.9. The molecular formula is C17H13ClFN5O3. The first-order chi connectivity index (χ1) is 13.0. The average Bonchev–Trinajstić information content (AvgIpc) is 2.65. The summed E-state index contributed by atoms with van der Waals surface area (Å²) < 4.78 is 18.4. The van der Waals surface area contributed by atoms with Gasteiger partial charge in [0.15, 0.2) is 0 Å². The summed E-state index contributed by atoms with van der Waals surface area (Å²) in [5, 5.41) is 17.1. The van der Waals surface area contributed by atoms with Crippen molar-refractivity contribution in [3.05, 3.63) is 69.7 Å². The van der Waals surface area contributed by atoms with Crippen LogP contribution in [0.4, 0.5) is 33.1 Å². The van der Waals surface area contributed by atoms with Crippen molar-refractivity contribution in [2.45, 2.75) is 0 Å². The van der Waals surface area contributed by atoms with E-state index in [4.69, 9.17) is 16.3 Å². The Labute approximate surface area is 158 Å². The van der Waals surface area contributed by atoms with Crippen LogP contribution in [0.25, 0.3) is 0 Å². The second-order valence-corrected chi connectivity index (χ2v) is 5.69. The largest absolute Gasteiger partial charge is 0.497 e. The molecule has 10 heteroatoms. The standard InChI is InChI=1S/C17H13ClFN5O3/c1-27-12-4-2-3-10(7-12)22-16-15(24(25)26)17(21-9-20-16)23-11-5-6-14(19)13(18)8-11/h2-9H,1H3,(H2,20,21,22,23). The van der Waals surface area contributed by atoms with E-state index in [1.165, 1.54) is 25.6 Å². The maximum absolute atomic E-state index is 13.3. The number of nitro groups is 1. The van der Waals surface area contributed by atoms with Crippen molar-refractivity contribution in [1.82, 2.24) is 9.97 Å². The summed E-state index contributed by atoms with van der Waals surface area (Å²) in [5.41, 5.74) is 0.517. The zero-order valence-corrected chi connectivity index (χ0v) is 14.7. The van der Waals surface area contributed by atoms with E-state index in [9.17, 15) is 14.5 Å². The van der Waals surface area contributed by atoms with Crippen LogP contribution in [0.5, 0.6) is 5.75 Å². The van der Waals surface area contributed by atoms with Gasteiger partial charge in [-0.25, -0.2) is 14.4 Å². The Morgan fingerprint density at radius 2 is 1.78 bits per heavy atom. The monoisotopic (exact) mass is 389 g/mol. The highest BCUT2D eigenvalue weighted by atomic mass is 35.5. The number of hydrogen-bond donors (Lipinski definition) is 2. The molecule has 0 radical (unpaired) electrons. The summed E-state index contributed by atoms with van der Waals surface area (Å²) >= 11 is 5.74. The molecule has 0 aliphatic carbocycles. The first-order valence-electron chi connectivity index (χ1n) is 7.60. The van der Waals surface area contributed by atoms with Crippen LogP contribution in [0, 0.1) is 15.9 Å². The molecule has 0 saturated carbocycles. The topological polar surface area (TPSA) is 102 Å². The van der Waals surface area contributed by atoms with Gasteiger partial charge >= 0.3 is 5.69 Å². The number of nitrogens with zero attached hydrogens (tertiary/aromatic N) is 3. The first-order valence-corrected chi connectivity index (χ1v) is 7.98. The average molecular weight is 390 g/mol. The van der Waals surface area contributed by atoms with Crippen molar-refractivity contribution in [1.29, 1.82) is 0 Å². The Kier molecular flexibility index (Phi) is 5.32. The SMILES string of the molecule is COc1cccc(Nc2ncnc(Nc3ccc(F)c(Cl)c3)c2[N+](=O)[O-])c1. The third-order valence-electron chi connectivity index (χ3n) is 3.52. The molecule has 0 bridgehead atoms. The van der Waals surface area contributed by atoms with Gasteiger partial charge in [-0.3, -0.25) is 10.1 Å². The highest BCUT2D eigenvalue weighted by Gasteiger charge is 2.23. The molecule has 0 aliphatic heterocycles. The lowest BCUT2D eigenvalue weighted by molar-refractivity contribution is -0.383. The van der Waals surface area contributed by atoms with Gasteiger partial charge in [-0.1, -0.05) is 17.7 Å². The molecule has 0 saturated heterocycles. The van der Waals surface area contributed by atoms with E-state index in [0.717, 1.165) is 6.07 Å². The van der Waals surface area contributed by atoms with E-state index in [1.54, 1.807) is 24.3 Å². The number of ether oxygens (including phenoxy) is 1. The summed E-state index contributed by atoms with van der Waals surface area (Å²) in [5.74, 6) is -0.0992. The molecule has 2 aromatic carbocycles. The van der Waals surface area contributed by atoms with Crippen molar-refractivity contribution >= 4 is 40.3 Å². The van der Waals surface area contributed by atoms with Gasteiger partial charge < -0.3 is 15.4 Å². The predicted octanol–water partition coefficient (Wildman–Crippen LogP) is 4.67. The highest BCUT2D eigenvalue weighted by Crippen LogP contribution is 2.34. The lowest BCUT2D eigenvalue weighted by atomic mass is 10.3. The highest BCUT2D eigenvalue weighted by molar-refractivity contribution is 6.31. The molecule has 0 unspecified atom stereocenters. The summed E-state index contributed by atoms with van der Waals surface area (Å²) in [6.45, 7) is 0. The maximum atomic E-state index is 13.3. The minimum atomic E-state index is -0.615. The van der Waals surface area contributed by atoms with Crippen molar-refractivity contribution in [2.75, 3.05) is 17.7 Å². The molecule has 1 aromatic heterocycles. The smallest absolute Gasteiger partial charge is 0.353 e. The van der Waals surface area contributed by atoms with Gasteiger partial charge in [-0.05, 0) is 30.3 Å². The number of aromatic nitrogens is 2. The van der Waals surface area contributed by atoms with Gasteiger partial charge in [0.25, 0.3) is 0 Å². The van der Waals surface area contributed by atoms with E-state index in [2.05, 4.69) is 20.6 Å². The minimum absolute atomic E-state index is 0.0149. The Bertz CT molecular complexity index is 1000. The predicted molar refractivity (Wildman–Crippen MR) is 99.7 cm³/mol. The molecule has 138 valence electrons. The van der Waals surface area contributed by atoms with Gasteiger partial charge in [0.2, 0.25) is 11.6 Å². The molecular weight excluding hydrogens is 377 g/mol. The molecule has 1 heterocycles. The van der Waals surface area contributed by atoms with Crippen LogP contribution in [0.2, 0.25) is 5.02 Å². The number of anilines is 4. The summed E-state index contributed by atoms with van der Waals surface area (Å²) in [6.07, 6.45) is 1.17. The van der Waals surface area contributed by atoms with Crippen molar-refractivity contribution < 1.29 is 14.1 Å². The molecule has 3 rings (SSSR count). The Balaban J connectivity index is 1.96. The Morgan fingerprint density at radius 3 is 2.37 bits per heavy atom. The third-order valence-corrected chi connectivity index (χ3v) is 3.81. The maximum Gasteiger partial charge on any atom is 0.353 e. The van der Waals surface area contributed by atoms with Crippen LogP contribution >= 0.6 is 11.6 Å². The normalized spacial score (nSPS) is 10.3. The Hall–Kier alpha value is -3.46. The van der Waals surface area contributed by atoms with Crippen molar-refractivity contribution in [3.8, 4) is 5.75 Å². The van der Waals surface area contributed by atoms with Gasteiger partial charge in [0.1, 0.15) is 17.9 Å². The summed E-state index contributed by atoms with van der Waals surface area (Å²) in [6, 6.07) is 10.7. The fourth-order valence-corrected chi connectivity index (χ4v) is 2.46. The quantitative estimate of drug-likeness (QED) is 0.466. The van der Waals surface area contributed by atoms with Crippen LogP contribution < -0.4 is 15.4 Å². The molecule has 3 aromatic rings. The molecule has 0 amide bonds. The molecule has 0 spiro atoms. The minimum Gasteiger partial charge on any atom is -0.497 e. The fourth-order valence-electron chi connectivity index (χ4n) is 2.28. The van der Waals surface area contributed by atoms with Gasteiger partial charge in [-0.2, -0.15) is 0 Å². The third kappa shape index (κ3) is 4.21. The fraction of sp³-hybridized carbons (Fsp3) is 0.0588. The first kappa shape index (κ1) is 18.3. The van der Waals surface area contributed by atoms with Crippen LogP contribution in [0.3, 0.4) is 0 Å². The van der Waals surface area contributed by atoms with Crippen molar-refractivity contribution in [2.24, 2.45) is 0 Å². The van der Waals surface area contributed by atoms with E-state index in [0.29, 0.717) is 17.1 Å². The van der Waals surface area contributed by atoms with Gasteiger partial charge in [0, 0.05) is 17.4 Å². The molecule has 0 fully saturated rings. The van der Waals surface area contributed by atoms with Gasteiger partial charge in [-0.15, -0.1) is 0 Å². The van der Waals surface area contributed by atoms with E-state index >= 15 is 0 Å². The number of benzene rings is 2. The van der Waals surface area contributed by atoms with Crippen LogP contribution in [0.15, 0.2) is 48.8 Å². The van der Waals surface area contributed by atoms with Gasteiger partial charge in [0.05, 0.1) is 17.1 Å². The number of rotatable bonds is 6. The molecule has 8 nitrogen and oxygen atoms in total. The summed E-state index contributed by atoms with van der Waals surface area (Å²) in [4.78, 5) is 18.9. The molecule has 0 aliphatic rings.